The Morgan fingerprint density at radius 3 is 2.19 bits per heavy atom. The van der Waals surface area contributed by atoms with Crippen molar-refractivity contribution in [2.45, 2.75) is 59.2 Å². The van der Waals surface area contributed by atoms with Gasteiger partial charge in [0.1, 0.15) is 11.2 Å². The highest BCUT2D eigenvalue weighted by molar-refractivity contribution is 6.32. The largest absolute Gasteiger partial charge is 0.484 e. The zero-order valence-corrected chi connectivity index (χ0v) is 14.2. The minimum Gasteiger partial charge on any atom is -0.484 e. The number of rotatable bonds is 5. The maximum absolute atomic E-state index is 11.2. The normalized spacial score (nSPS) is 12.1. The van der Waals surface area contributed by atoms with E-state index in [9.17, 15) is 4.79 Å². The number of ether oxygens (including phenoxy) is 2. The Morgan fingerprint density at radius 1 is 1.19 bits per heavy atom. The highest BCUT2D eigenvalue weighted by Gasteiger charge is 2.25. The molecule has 0 aromatic heterocycles. The second-order valence-corrected chi connectivity index (χ2v) is 6.93. The molecule has 0 radical (unpaired) electrons. The number of carbonyl (C=O) groups is 1. The van der Waals surface area contributed by atoms with E-state index in [0.29, 0.717) is 11.5 Å². The predicted octanol–water partition coefficient (Wildman–Crippen LogP) is 4.78. The van der Waals surface area contributed by atoms with Crippen molar-refractivity contribution in [3.63, 3.8) is 0 Å². The fourth-order valence-electron chi connectivity index (χ4n) is 1.54. The molecule has 1 aromatic carbocycles. The second-order valence-electron chi connectivity index (χ2n) is 6.52. The molecule has 0 saturated heterocycles. The summed E-state index contributed by atoms with van der Waals surface area (Å²) in [6, 6.07) is 2.82. The molecule has 1 rings (SSSR count). The summed E-state index contributed by atoms with van der Waals surface area (Å²) in [5, 5.41) is 9.39. The van der Waals surface area contributed by atoms with Crippen LogP contribution >= 0.6 is 11.6 Å². The van der Waals surface area contributed by atoms with Crippen molar-refractivity contribution in [2.75, 3.05) is 0 Å². The molecule has 0 aliphatic rings. The Labute approximate surface area is 131 Å². The third-order valence-corrected chi connectivity index (χ3v) is 3.18. The molecule has 118 valence electrons. The molecule has 5 heteroatoms. The van der Waals surface area contributed by atoms with Gasteiger partial charge in [0.2, 0.25) is 0 Å². The average Bonchev–Trinajstić information content (AvgIpc) is 2.31. The van der Waals surface area contributed by atoms with Gasteiger partial charge in [0, 0.05) is 0 Å². The first-order valence-corrected chi connectivity index (χ1v) is 7.28. The average molecular weight is 315 g/mol. The Balaban J connectivity index is 3.36. The number of hydrogen-bond donors (Lipinski definition) is 1. The van der Waals surface area contributed by atoms with Crippen LogP contribution in [0.5, 0.6) is 11.5 Å². The minimum atomic E-state index is -1.06. The minimum absolute atomic E-state index is 0.0724. The molecular weight excluding hydrogens is 292 g/mol. The molecule has 0 atom stereocenters. The van der Waals surface area contributed by atoms with Gasteiger partial charge in [-0.25, -0.2) is 4.79 Å². The van der Waals surface area contributed by atoms with Crippen LogP contribution in [0.15, 0.2) is 12.1 Å². The fraction of sp³-hybridized carbons (Fsp3) is 0.562. The maximum Gasteiger partial charge on any atom is 0.335 e. The van der Waals surface area contributed by atoms with Gasteiger partial charge in [0.25, 0.3) is 0 Å². The van der Waals surface area contributed by atoms with Crippen molar-refractivity contribution in [3.8, 4) is 11.5 Å². The summed E-state index contributed by atoms with van der Waals surface area (Å²) >= 11 is 6.19. The van der Waals surface area contributed by atoms with E-state index in [4.69, 9.17) is 26.2 Å². The summed E-state index contributed by atoms with van der Waals surface area (Å²) in [6.45, 7) is 11.5. The van der Waals surface area contributed by atoms with E-state index in [1.165, 1.54) is 12.1 Å². The quantitative estimate of drug-likeness (QED) is 0.849. The molecule has 0 unspecified atom stereocenters. The number of halogens is 1. The van der Waals surface area contributed by atoms with Gasteiger partial charge in [-0.1, -0.05) is 18.5 Å². The zero-order valence-electron chi connectivity index (χ0n) is 13.4. The molecule has 0 aliphatic carbocycles. The van der Waals surface area contributed by atoms with Gasteiger partial charge >= 0.3 is 5.97 Å². The first-order valence-electron chi connectivity index (χ1n) is 6.90. The molecule has 0 fully saturated rings. The Bertz CT molecular complexity index is 530. The summed E-state index contributed by atoms with van der Waals surface area (Å²) in [5.41, 5.74) is -0.845. The molecular formula is C16H23ClO4. The molecule has 1 N–H and O–H groups in total. The Morgan fingerprint density at radius 2 is 1.76 bits per heavy atom. The Hall–Kier alpha value is -1.42. The molecule has 21 heavy (non-hydrogen) atoms. The van der Waals surface area contributed by atoms with E-state index in [2.05, 4.69) is 0 Å². The number of benzene rings is 1. The van der Waals surface area contributed by atoms with Crippen LogP contribution in [0.25, 0.3) is 0 Å². The zero-order chi connectivity index (χ0) is 16.4. The predicted molar refractivity (Wildman–Crippen MR) is 83.8 cm³/mol. The van der Waals surface area contributed by atoms with Crippen LogP contribution in [0.4, 0.5) is 0 Å². The van der Waals surface area contributed by atoms with Crippen LogP contribution in [0.3, 0.4) is 0 Å². The lowest BCUT2D eigenvalue weighted by Crippen LogP contribution is -2.29. The first-order chi connectivity index (χ1) is 9.45. The van der Waals surface area contributed by atoms with Gasteiger partial charge in [0.05, 0.1) is 10.6 Å². The summed E-state index contributed by atoms with van der Waals surface area (Å²) in [5.74, 6) is -0.337. The van der Waals surface area contributed by atoms with Crippen molar-refractivity contribution < 1.29 is 19.4 Å². The third kappa shape index (κ3) is 5.12. The molecule has 0 spiro atoms. The topological polar surface area (TPSA) is 55.8 Å². The SMILES string of the molecule is CCC(C)(C)Oc1cc(C(=O)O)cc(Cl)c1OC(C)(C)C. The van der Waals surface area contributed by atoms with Gasteiger partial charge < -0.3 is 14.6 Å². The van der Waals surface area contributed by atoms with Crippen LogP contribution in [0.1, 0.15) is 58.3 Å². The number of carboxylic acids is 1. The van der Waals surface area contributed by atoms with Gasteiger partial charge in [-0.05, 0) is 53.2 Å². The van der Waals surface area contributed by atoms with E-state index in [1.807, 2.05) is 41.5 Å². The monoisotopic (exact) mass is 314 g/mol. The number of carboxylic acid groups (broad SMARTS) is 1. The fourth-order valence-corrected chi connectivity index (χ4v) is 1.79. The third-order valence-electron chi connectivity index (χ3n) is 2.90. The molecule has 4 nitrogen and oxygen atoms in total. The number of hydrogen-bond acceptors (Lipinski definition) is 3. The highest BCUT2D eigenvalue weighted by Crippen LogP contribution is 2.40. The van der Waals surface area contributed by atoms with E-state index < -0.39 is 17.2 Å². The van der Waals surface area contributed by atoms with Gasteiger partial charge in [0.15, 0.2) is 11.5 Å². The van der Waals surface area contributed by atoms with Gasteiger partial charge in [-0.2, -0.15) is 0 Å². The van der Waals surface area contributed by atoms with Crippen LogP contribution in [-0.2, 0) is 0 Å². The summed E-state index contributed by atoms with van der Waals surface area (Å²) < 4.78 is 11.8. The first kappa shape index (κ1) is 17.6. The molecule has 1 aromatic rings. The van der Waals surface area contributed by atoms with E-state index in [1.54, 1.807) is 0 Å². The smallest absolute Gasteiger partial charge is 0.335 e. The molecule has 0 saturated carbocycles. The number of aromatic carboxylic acids is 1. The van der Waals surface area contributed by atoms with Gasteiger partial charge in [-0.3, -0.25) is 0 Å². The highest BCUT2D eigenvalue weighted by atomic mass is 35.5. The summed E-state index contributed by atoms with van der Waals surface area (Å²) in [6.07, 6.45) is 0.761. The van der Waals surface area contributed by atoms with Crippen molar-refractivity contribution in [2.24, 2.45) is 0 Å². The standard InChI is InChI=1S/C16H23ClO4/c1-7-16(5,6)20-12-9-10(14(18)19)8-11(17)13(12)21-15(2,3)4/h8-9H,7H2,1-6H3,(H,18,19). The van der Waals surface area contributed by atoms with Crippen molar-refractivity contribution in [3.05, 3.63) is 22.7 Å². The van der Waals surface area contributed by atoms with Crippen molar-refractivity contribution in [1.82, 2.24) is 0 Å². The lowest BCUT2D eigenvalue weighted by atomic mass is 10.1. The maximum atomic E-state index is 11.2. The summed E-state index contributed by atoms with van der Waals surface area (Å²) in [7, 11) is 0. The lowest BCUT2D eigenvalue weighted by molar-refractivity contribution is 0.0688. The van der Waals surface area contributed by atoms with Crippen LogP contribution in [-0.4, -0.2) is 22.3 Å². The second kappa shape index (κ2) is 6.14. The van der Waals surface area contributed by atoms with E-state index in [-0.39, 0.29) is 10.6 Å². The van der Waals surface area contributed by atoms with E-state index in [0.717, 1.165) is 6.42 Å². The molecule has 0 heterocycles. The molecule has 0 aliphatic heterocycles. The van der Waals surface area contributed by atoms with Crippen LogP contribution in [0, 0.1) is 0 Å². The van der Waals surface area contributed by atoms with Crippen molar-refractivity contribution in [1.29, 1.82) is 0 Å². The van der Waals surface area contributed by atoms with Crippen molar-refractivity contribution >= 4 is 17.6 Å². The molecule has 0 bridgehead atoms. The van der Waals surface area contributed by atoms with E-state index >= 15 is 0 Å². The molecule has 0 amide bonds. The van der Waals surface area contributed by atoms with Gasteiger partial charge in [-0.15, -0.1) is 0 Å². The summed E-state index contributed by atoms with van der Waals surface area (Å²) in [4.78, 5) is 11.2. The Kier molecular flexibility index (Phi) is 5.16. The van der Waals surface area contributed by atoms with Crippen LogP contribution < -0.4 is 9.47 Å². The van der Waals surface area contributed by atoms with Crippen LogP contribution in [0.2, 0.25) is 5.02 Å². The lowest BCUT2D eigenvalue weighted by Gasteiger charge is -2.29.